The maximum absolute atomic E-state index is 12.9. The number of fused-ring (bicyclic) bond motifs is 1. The maximum Gasteiger partial charge on any atom is 0.232 e. The molecule has 1 saturated heterocycles. The Morgan fingerprint density at radius 3 is 2.84 bits per heavy atom. The zero-order valence-corrected chi connectivity index (χ0v) is 15.5. The smallest absolute Gasteiger partial charge is 0.232 e. The predicted molar refractivity (Wildman–Crippen MR) is 99.8 cm³/mol. The van der Waals surface area contributed by atoms with Crippen LogP contribution in [-0.2, 0) is 9.59 Å². The highest BCUT2D eigenvalue weighted by Gasteiger charge is 2.39. The van der Waals surface area contributed by atoms with Gasteiger partial charge >= 0.3 is 0 Å². The van der Waals surface area contributed by atoms with E-state index in [0.717, 1.165) is 33.8 Å². The van der Waals surface area contributed by atoms with Crippen molar-refractivity contribution in [3.05, 3.63) is 23.2 Å². The molecule has 0 spiro atoms. The molecule has 6 heteroatoms. The lowest BCUT2D eigenvalue weighted by Crippen LogP contribution is -2.37. The molecular weight excluding hydrogens is 334 g/mol. The van der Waals surface area contributed by atoms with Gasteiger partial charge in [0.2, 0.25) is 11.8 Å². The summed E-state index contributed by atoms with van der Waals surface area (Å²) in [7, 11) is 1.81. The number of hydrogen-bond donors (Lipinski definition) is 0. The van der Waals surface area contributed by atoms with Crippen LogP contribution in [0.4, 0.5) is 5.69 Å². The summed E-state index contributed by atoms with van der Waals surface area (Å²) in [4.78, 5) is 33.4. The van der Waals surface area contributed by atoms with Crippen LogP contribution in [0.5, 0.6) is 0 Å². The van der Waals surface area contributed by atoms with Crippen molar-refractivity contribution < 1.29 is 9.59 Å². The van der Waals surface area contributed by atoms with Crippen LogP contribution in [0.3, 0.4) is 0 Å². The van der Waals surface area contributed by atoms with Gasteiger partial charge in [-0.2, -0.15) is 0 Å². The minimum Gasteiger partial charge on any atom is -0.339 e. The minimum atomic E-state index is -0.225. The second-order valence-corrected chi connectivity index (χ2v) is 8.40. The number of thiazole rings is 1. The summed E-state index contributed by atoms with van der Waals surface area (Å²) in [5.74, 6) is -0.0430. The topological polar surface area (TPSA) is 53.5 Å². The molecule has 0 N–H and O–H groups in total. The van der Waals surface area contributed by atoms with Crippen LogP contribution < -0.4 is 4.90 Å². The molecule has 5 nitrogen and oxygen atoms in total. The van der Waals surface area contributed by atoms with Crippen molar-refractivity contribution in [1.82, 2.24) is 9.88 Å². The monoisotopic (exact) mass is 357 g/mol. The van der Waals surface area contributed by atoms with Crippen molar-refractivity contribution in [3.8, 4) is 0 Å². The number of benzene rings is 1. The fourth-order valence-corrected chi connectivity index (χ4v) is 4.96. The van der Waals surface area contributed by atoms with Crippen LogP contribution in [0, 0.1) is 12.8 Å². The van der Waals surface area contributed by atoms with Gasteiger partial charge < -0.3 is 9.80 Å². The second kappa shape index (κ2) is 6.41. The molecule has 0 unspecified atom stereocenters. The van der Waals surface area contributed by atoms with Gasteiger partial charge in [-0.3, -0.25) is 9.59 Å². The second-order valence-electron chi connectivity index (χ2n) is 7.17. The number of hydrogen-bond acceptors (Lipinski definition) is 4. The van der Waals surface area contributed by atoms with Crippen LogP contribution in [0.1, 0.15) is 37.1 Å². The van der Waals surface area contributed by atoms with Crippen molar-refractivity contribution in [2.24, 2.45) is 5.92 Å². The third-order valence-corrected chi connectivity index (χ3v) is 6.40. The SMILES string of the molecule is Cc1nc2ccc(N(C)C(=O)[C@H]3CC(=O)N(C4CCCC4)C3)cc2s1. The van der Waals surface area contributed by atoms with E-state index in [1.165, 1.54) is 12.8 Å². The summed E-state index contributed by atoms with van der Waals surface area (Å²) in [6.07, 6.45) is 4.91. The lowest BCUT2D eigenvalue weighted by Gasteiger charge is -2.25. The Bertz CT molecular complexity index is 825. The van der Waals surface area contributed by atoms with Crippen LogP contribution in [0.15, 0.2) is 18.2 Å². The Labute approximate surface area is 151 Å². The summed E-state index contributed by atoms with van der Waals surface area (Å²) in [6, 6.07) is 6.27. The average molecular weight is 357 g/mol. The van der Waals surface area contributed by atoms with Gasteiger partial charge in [0, 0.05) is 31.7 Å². The van der Waals surface area contributed by atoms with E-state index < -0.39 is 0 Å². The quantitative estimate of drug-likeness (QED) is 0.846. The first kappa shape index (κ1) is 16.5. The van der Waals surface area contributed by atoms with Crippen LogP contribution in [-0.4, -0.2) is 41.3 Å². The summed E-state index contributed by atoms with van der Waals surface area (Å²) >= 11 is 1.63. The van der Waals surface area contributed by atoms with Crippen molar-refractivity contribution in [1.29, 1.82) is 0 Å². The number of amides is 2. The van der Waals surface area contributed by atoms with Gasteiger partial charge in [-0.05, 0) is 38.0 Å². The van der Waals surface area contributed by atoms with E-state index in [2.05, 4.69) is 4.98 Å². The third kappa shape index (κ3) is 3.03. The fourth-order valence-electron chi connectivity index (χ4n) is 4.10. The highest BCUT2D eigenvalue weighted by molar-refractivity contribution is 7.18. The zero-order chi connectivity index (χ0) is 17.6. The number of carbonyl (C=O) groups excluding carboxylic acids is 2. The molecule has 1 aromatic carbocycles. The molecule has 1 aliphatic heterocycles. The molecule has 0 radical (unpaired) electrons. The molecule has 132 valence electrons. The highest BCUT2D eigenvalue weighted by atomic mass is 32.1. The molecule has 2 aromatic rings. The Morgan fingerprint density at radius 1 is 1.32 bits per heavy atom. The van der Waals surface area contributed by atoms with Gasteiger partial charge in [-0.15, -0.1) is 11.3 Å². The first-order chi connectivity index (χ1) is 12.0. The summed E-state index contributed by atoms with van der Waals surface area (Å²) in [5, 5.41) is 1.02. The molecule has 2 amide bonds. The van der Waals surface area contributed by atoms with Crippen LogP contribution in [0.25, 0.3) is 10.2 Å². The molecule has 25 heavy (non-hydrogen) atoms. The standard InChI is InChI=1S/C19H23N3O2S/c1-12-20-16-8-7-15(10-17(16)25-12)21(2)19(24)13-9-18(23)22(11-13)14-5-3-4-6-14/h7-8,10,13-14H,3-6,9,11H2,1-2H3/t13-/m0/s1. The van der Waals surface area contributed by atoms with Crippen LogP contribution in [0.2, 0.25) is 0 Å². The van der Waals surface area contributed by atoms with E-state index >= 15 is 0 Å². The number of aryl methyl sites for hydroxylation is 1. The number of nitrogens with zero attached hydrogens (tertiary/aromatic N) is 3. The maximum atomic E-state index is 12.9. The van der Waals surface area contributed by atoms with Gasteiger partial charge in [0.25, 0.3) is 0 Å². The van der Waals surface area contributed by atoms with E-state index in [1.807, 2.05) is 30.0 Å². The summed E-state index contributed by atoms with van der Waals surface area (Å²) < 4.78 is 1.09. The van der Waals surface area contributed by atoms with Gasteiger partial charge in [0.15, 0.2) is 0 Å². The van der Waals surface area contributed by atoms with E-state index in [4.69, 9.17) is 0 Å². The number of carbonyl (C=O) groups is 2. The number of aromatic nitrogens is 1. The summed E-state index contributed by atoms with van der Waals surface area (Å²) in [5.41, 5.74) is 1.84. The molecule has 2 heterocycles. The zero-order valence-electron chi connectivity index (χ0n) is 14.7. The van der Waals surface area contributed by atoms with Crippen molar-refractivity contribution in [3.63, 3.8) is 0 Å². The molecule has 1 saturated carbocycles. The number of rotatable bonds is 3. The Morgan fingerprint density at radius 2 is 2.08 bits per heavy atom. The molecule has 2 aliphatic rings. The van der Waals surface area contributed by atoms with Crippen molar-refractivity contribution >= 4 is 39.1 Å². The first-order valence-electron chi connectivity index (χ1n) is 8.97. The van der Waals surface area contributed by atoms with Gasteiger partial charge in [-0.1, -0.05) is 12.8 Å². The Hall–Kier alpha value is -1.95. The van der Waals surface area contributed by atoms with Gasteiger partial charge in [0.1, 0.15) is 0 Å². The lowest BCUT2D eigenvalue weighted by molar-refractivity contribution is -0.130. The van der Waals surface area contributed by atoms with Gasteiger partial charge in [-0.25, -0.2) is 4.98 Å². The first-order valence-corrected chi connectivity index (χ1v) is 9.79. The predicted octanol–water partition coefficient (Wildman–Crippen LogP) is 3.36. The minimum absolute atomic E-state index is 0.0365. The fraction of sp³-hybridized carbons (Fsp3) is 0.526. The normalized spacial score (nSPS) is 21.4. The Balaban J connectivity index is 1.50. The van der Waals surface area contributed by atoms with Crippen LogP contribution >= 0.6 is 11.3 Å². The molecular formula is C19H23N3O2S. The van der Waals surface area contributed by atoms with E-state index in [9.17, 15) is 9.59 Å². The van der Waals surface area contributed by atoms with Crippen molar-refractivity contribution in [2.75, 3.05) is 18.5 Å². The van der Waals surface area contributed by atoms with E-state index in [-0.39, 0.29) is 17.7 Å². The molecule has 1 atom stereocenters. The number of anilines is 1. The summed E-state index contributed by atoms with van der Waals surface area (Å²) in [6.45, 7) is 2.57. The third-order valence-electron chi connectivity index (χ3n) is 5.47. The van der Waals surface area contributed by atoms with E-state index in [0.29, 0.717) is 19.0 Å². The molecule has 4 rings (SSSR count). The molecule has 1 aromatic heterocycles. The lowest BCUT2D eigenvalue weighted by atomic mass is 10.1. The molecule has 1 aliphatic carbocycles. The average Bonchev–Trinajstić information content (AvgIpc) is 3.30. The molecule has 2 fully saturated rings. The Kier molecular flexibility index (Phi) is 4.23. The molecule has 0 bridgehead atoms. The van der Waals surface area contributed by atoms with Gasteiger partial charge in [0.05, 0.1) is 21.1 Å². The highest BCUT2D eigenvalue weighted by Crippen LogP contribution is 2.32. The number of likely N-dealkylation sites (tertiary alicyclic amines) is 1. The largest absolute Gasteiger partial charge is 0.339 e. The van der Waals surface area contributed by atoms with Crippen molar-refractivity contribution in [2.45, 2.75) is 45.1 Å². The van der Waals surface area contributed by atoms with E-state index in [1.54, 1.807) is 23.3 Å².